The predicted octanol–water partition coefficient (Wildman–Crippen LogP) is 4.10. The van der Waals surface area contributed by atoms with Crippen molar-refractivity contribution in [3.63, 3.8) is 0 Å². The van der Waals surface area contributed by atoms with Crippen molar-refractivity contribution >= 4 is 33.6 Å². The number of aromatic nitrogens is 3. The molecule has 3 rings (SSSR count). The first-order chi connectivity index (χ1) is 12.4. The van der Waals surface area contributed by atoms with Gasteiger partial charge in [0.2, 0.25) is 5.91 Å². The van der Waals surface area contributed by atoms with Crippen LogP contribution in [0.5, 0.6) is 0 Å². The van der Waals surface area contributed by atoms with Crippen LogP contribution in [-0.2, 0) is 4.79 Å². The summed E-state index contributed by atoms with van der Waals surface area (Å²) in [5.74, 6) is -1.15. The molecule has 1 amide bonds. The highest BCUT2D eigenvalue weighted by Crippen LogP contribution is 2.37. The molecule has 2 aromatic carbocycles. The number of primary amides is 1. The van der Waals surface area contributed by atoms with Gasteiger partial charge in [0.1, 0.15) is 17.4 Å². The topological polar surface area (TPSA) is 73.8 Å². The molecule has 0 fully saturated rings. The maximum absolute atomic E-state index is 14.3. The van der Waals surface area contributed by atoms with Crippen molar-refractivity contribution in [3.05, 3.63) is 69.7 Å². The average molecular weight is 435 g/mol. The number of carbonyl (C=O) groups is 1. The molecule has 3 aromatic rings. The lowest BCUT2D eigenvalue weighted by molar-refractivity contribution is -0.117. The molecule has 8 heteroatoms. The summed E-state index contributed by atoms with van der Waals surface area (Å²) in [6.07, 6.45) is 1.57. The third kappa shape index (κ3) is 3.81. The minimum absolute atomic E-state index is 0.209. The Bertz CT molecular complexity index is 976. The Morgan fingerprint density at radius 2 is 2.04 bits per heavy atom. The van der Waals surface area contributed by atoms with Crippen molar-refractivity contribution in [1.82, 2.24) is 14.8 Å². The number of nitrogens with zero attached hydrogens (tertiary/aromatic N) is 3. The van der Waals surface area contributed by atoms with Gasteiger partial charge in [0.15, 0.2) is 5.16 Å². The number of aryl methyl sites for hydroxylation is 2. The van der Waals surface area contributed by atoms with Crippen LogP contribution in [0.25, 0.3) is 5.69 Å². The Morgan fingerprint density at radius 3 is 2.69 bits per heavy atom. The van der Waals surface area contributed by atoms with Gasteiger partial charge in [0.25, 0.3) is 0 Å². The van der Waals surface area contributed by atoms with Gasteiger partial charge < -0.3 is 5.73 Å². The molecule has 2 N–H and O–H groups in total. The van der Waals surface area contributed by atoms with E-state index in [-0.39, 0.29) is 5.56 Å². The summed E-state index contributed by atoms with van der Waals surface area (Å²) in [6.45, 7) is 3.99. The zero-order chi connectivity index (χ0) is 18.8. The summed E-state index contributed by atoms with van der Waals surface area (Å²) in [5, 5.41) is 7.57. The summed E-state index contributed by atoms with van der Waals surface area (Å²) < 4.78 is 16.7. The molecule has 1 atom stereocenters. The van der Waals surface area contributed by atoms with Crippen LogP contribution in [0.3, 0.4) is 0 Å². The molecule has 1 aromatic heterocycles. The fraction of sp³-hybridized carbons (Fsp3) is 0.167. The normalized spacial score (nSPS) is 12.2. The van der Waals surface area contributed by atoms with Gasteiger partial charge in [-0.2, -0.15) is 0 Å². The molecule has 0 aliphatic rings. The lowest BCUT2D eigenvalue weighted by Gasteiger charge is -2.15. The lowest BCUT2D eigenvalue weighted by Crippen LogP contribution is -2.20. The molecule has 0 spiro atoms. The number of hydrogen-bond acceptors (Lipinski definition) is 4. The number of thioether (sulfide) groups is 1. The molecule has 0 radical (unpaired) electrons. The highest BCUT2D eigenvalue weighted by atomic mass is 79.9. The molecule has 0 saturated heterocycles. The number of carbonyl (C=O) groups excluding carboxylic acids is 1. The van der Waals surface area contributed by atoms with E-state index in [9.17, 15) is 9.18 Å². The van der Waals surface area contributed by atoms with Crippen LogP contribution in [0.4, 0.5) is 4.39 Å². The van der Waals surface area contributed by atoms with Gasteiger partial charge in [0, 0.05) is 10.0 Å². The predicted molar refractivity (Wildman–Crippen MR) is 103 cm³/mol. The molecule has 0 saturated carbocycles. The monoisotopic (exact) mass is 434 g/mol. The summed E-state index contributed by atoms with van der Waals surface area (Å²) in [7, 11) is 0. The zero-order valence-electron chi connectivity index (χ0n) is 14.1. The Hall–Kier alpha value is -2.19. The Kier molecular flexibility index (Phi) is 5.43. The fourth-order valence-electron chi connectivity index (χ4n) is 2.64. The summed E-state index contributed by atoms with van der Waals surface area (Å²) in [6, 6.07) is 10.5. The quantitative estimate of drug-likeness (QED) is 0.613. The summed E-state index contributed by atoms with van der Waals surface area (Å²) in [5.41, 5.74) is 8.81. The minimum atomic E-state index is -0.920. The van der Waals surface area contributed by atoms with Crippen LogP contribution >= 0.6 is 27.7 Å². The van der Waals surface area contributed by atoms with Gasteiger partial charge in [0.05, 0.1) is 5.69 Å². The van der Waals surface area contributed by atoms with Crippen LogP contribution in [0, 0.1) is 19.7 Å². The van der Waals surface area contributed by atoms with E-state index in [0.29, 0.717) is 9.63 Å². The van der Waals surface area contributed by atoms with Crippen molar-refractivity contribution in [2.24, 2.45) is 5.73 Å². The highest BCUT2D eigenvalue weighted by Gasteiger charge is 2.25. The minimum Gasteiger partial charge on any atom is -0.368 e. The number of rotatable bonds is 5. The molecule has 0 aliphatic carbocycles. The number of halogens is 2. The smallest absolute Gasteiger partial charge is 0.235 e. The second-order valence-electron chi connectivity index (χ2n) is 5.84. The van der Waals surface area contributed by atoms with Crippen LogP contribution in [0.15, 0.2) is 52.4 Å². The Morgan fingerprint density at radius 1 is 1.27 bits per heavy atom. The van der Waals surface area contributed by atoms with E-state index in [1.54, 1.807) is 23.0 Å². The van der Waals surface area contributed by atoms with E-state index in [1.165, 1.54) is 6.07 Å². The highest BCUT2D eigenvalue weighted by molar-refractivity contribution is 9.10. The van der Waals surface area contributed by atoms with E-state index >= 15 is 0 Å². The largest absolute Gasteiger partial charge is 0.368 e. The van der Waals surface area contributed by atoms with E-state index in [2.05, 4.69) is 26.1 Å². The van der Waals surface area contributed by atoms with Crippen LogP contribution in [0.2, 0.25) is 0 Å². The maximum atomic E-state index is 14.3. The number of nitrogens with two attached hydrogens (primary N) is 1. The zero-order valence-corrected chi connectivity index (χ0v) is 16.5. The fourth-order valence-corrected chi connectivity index (χ4v) is 3.97. The average Bonchev–Trinajstić information content (AvgIpc) is 3.01. The van der Waals surface area contributed by atoms with Crippen molar-refractivity contribution in [2.75, 3.05) is 0 Å². The van der Waals surface area contributed by atoms with E-state index < -0.39 is 17.0 Å². The van der Waals surface area contributed by atoms with Crippen LogP contribution in [-0.4, -0.2) is 20.7 Å². The third-order valence-corrected chi connectivity index (χ3v) is 5.56. The van der Waals surface area contributed by atoms with Gasteiger partial charge in [-0.3, -0.25) is 9.36 Å². The molecular weight excluding hydrogens is 419 g/mol. The first-order valence-electron chi connectivity index (χ1n) is 7.75. The molecule has 1 unspecified atom stereocenters. The van der Waals surface area contributed by atoms with E-state index in [1.807, 2.05) is 32.0 Å². The van der Waals surface area contributed by atoms with Gasteiger partial charge in [-0.15, -0.1) is 10.2 Å². The van der Waals surface area contributed by atoms with Gasteiger partial charge in [-0.1, -0.05) is 51.5 Å². The van der Waals surface area contributed by atoms with Gasteiger partial charge in [-0.05, 0) is 37.6 Å². The van der Waals surface area contributed by atoms with Gasteiger partial charge >= 0.3 is 0 Å². The summed E-state index contributed by atoms with van der Waals surface area (Å²) in [4.78, 5) is 12.0. The summed E-state index contributed by atoms with van der Waals surface area (Å²) >= 11 is 4.28. The first-order valence-corrected chi connectivity index (χ1v) is 9.42. The van der Waals surface area contributed by atoms with Crippen molar-refractivity contribution in [1.29, 1.82) is 0 Å². The molecule has 0 aliphatic heterocycles. The number of benzene rings is 2. The maximum Gasteiger partial charge on any atom is 0.235 e. The van der Waals surface area contributed by atoms with Crippen molar-refractivity contribution in [3.8, 4) is 5.69 Å². The number of amides is 1. The van der Waals surface area contributed by atoms with Crippen molar-refractivity contribution < 1.29 is 9.18 Å². The lowest BCUT2D eigenvalue weighted by atomic mass is 10.1. The molecule has 0 bridgehead atoms. The molecular formula is C18H16BrFN4OS. The molecule has 5 nitrogen and oxygen atoms in total. The second-order valence-corrected chi connectivity index (χ2v) is 7.83. The van der Waals surface area contributed by atoms with Crippen LogP contribution < -0.4 is 5.73 Å². The van der Waals surface area contributed by atoms with Crippen LogP contribution in [0.1, 0.15) is 21.9 Å². The Labute approximate surface area is 162 Å². The van der Waals surface area contributed by atoms with Crippen molar-refractivity contribution in [2.45, 2.75) is 24.3 Å². The standard InChI is InChI=1S/C18H16BrFN4OS/c1-10-3-6-15(11(2)7-10)24-9-22-23-18(24)26-16(17(21)25)13-5-4-12(19)8-14(13)20/h3-9,16H,1-2H3,(H2,21,25). The number of hydrogen-bond donors (Lipinski definition) is 1. The van der Waals surface area contributed by atoms with E-state index in [0.717, 1.165) is 28.6 Å². The SMILES string of the molecule is Cc1ccc(-n2cnnc2SC(C(N)=O)c2ccc(Br)cc2F)c(C)c1. The first kappa shape index (κ1) is 18.6. The second kappa shape index (κ2) is 7.59. The van der Waals surface area contributed by atoms with Gasteiger partial charge in [-0.25, -0.2) is 4.39 Å². The van der Waals surface area contributed by atoms with E-state index in [4.69, 9.17) is 5.73 Å². The molecule has 1 heterocycles. The molecule has 26 heavy (non-hydrogen) atoms. The molecule has 134 valence electrons. The Balaban J connectivity index is 1.99. The third-order valence-electron chi connectivity index (χ3n) is 3.85.